The molecule has 0 saturated carbocycles. The Morgan fingerprint density at radius 3 is 2.83 bits per heavy atom. The quantitative estimate of drug-likeness (QED) is 0.668. The maximum absolute atomic E-state index is 3.55. The molecule has 2 N–H and O–H groups in total. The monoisotopic (exact) mass is 170 g/mol. The van der Waals surface area contributed by atoms with Crippen LogP contribution in [0.3, 0.4) is 0 Å². The van der Waals surface area contributed by atoms with Gasteiger partial charge in [0.15, 0.2) is 0 Å². The van der Waals surface area contributed by atoms with Gasteiger partial charge in [0.1, 0.15) is 0 Å². The molecular weight excluding hydrogens is 148 g/mol. The van der Waals surface area contributed by atoms with Gasteiger partial charge in [-0.05, 0) is 39.7 Å². The normalized spacial score (nSPS) is 32.2. The zero-order chi connectivity index (χ0) is 9.03. The van der Waals surface area contributed by atoms with Crippen molar-refractivity contribution in [1.82, 2.24) is 10.6 Å². The fourth-order valence-corrected chi connectivity index (χ4v) is 1.65. The van der Waals surface area contributed by atoms with Gasteiger partial charge < -0.3 is 10.6 Å². The van der Waals surface area contributed by atoms with Crippen LogP contribution in [0.4, 0.5) is 0 Å². The van der Waals surface area contributed by atoms with Crippen molar-refractivity contribution in [1.29, 1.82) is 0 Å². The van der Waals surface area contributed by atoms with E-state index in [-0.39, 0.29) is 0 Å². The molecule has 1 saturated heterocycles. The maximum atomic E-state index is 3.55. The summed E-state index contributed by atoms with van der Waals surface area (Å²) in [5, 5.41) is 7.10. The van der Waals surface area contributed by atoms with E-state index < -0.39 is 0 Å². The molecule has 0 aliphatic carbocycles. The molecule has 1 aliphatic rings. The van der Waals surface area contributed by atoms with E-state index >= 15 is 0 Å². The highest BCUT2D eigenvalue weighted by Gasteiger charge is 2.27. The van der Waals surface area contributed by atoms with E-state index in [0.29, 0.717) is 11.6 Å². The van der Waals surface area contributed by atoms with Crippen LogP contribution < -0.4 is 10.6 Å². The maximum Gasteiger partial charge on any atom is 0.0278 e. The molecule has 12 heavy (non-hydrogen) atoms. The lowest BCUT2D eigenvalue weighted by molar-refractivity contribution is 0.362. The molecule has 2 atom stereocenters. The molecule has 2 heteroatoms. The van der Waals surface area contributed by atoms with E-state index in [1.54, 1.807) is 0 Å². The number of rotatable bonds is 4. The van der Waals surface area contributed by atoms with E-state index in [0.717, 1.165) is 6.54 Å². The van der Waals surface area contributed by atoms with Crippen LogP contribution in [0.15, 0.2) is 0 Å². The molecule has 2 nitrogen and oxygen atoms in total. The third-order valence-corrected chi connectivity index (χ3v) is 2.91. The van der Waals surface area contributed by atoms with Gasteiger partial charge in [-0.15, -0.1) is 0 Å². The summed E-state index contributed by atoms with van der Waals surface area (Å²) < 4.78 is 0. The molecule has 0 radical (unpaired) electrons. The van der Waals surface area contributed by atoms with Crippen LogP contribution in [0.25, 0.3) is 0 Å². The molecular formula is C10H22N2. The average Bonchev–Trinajstić information content (AvgIpc) is 2.49. The summed E-state index contributed by atoms with van der Waals surface area (Å²) in [6.07, 6.45) is 3.87. The van der Waals surface area contributed by atoms with Crippen molar-refractivity contribution < 1.29 is 0 Å². The molecule has 0 amide bonds. The van der Waals surface area contributed by atoms with Crippen molar-refractivity contribution in [3.63, 3.8) is 0 Å². The van der Waals surface area contributed by atoms with Crippen molar-refractivity contribution >= 4 is 0 Å². The first-order chi connectivity index (χ1) is 5.66. The molecule has 1 aliphatic heterocycles. The Hall–Kier alpha value is -0.0800. The second-order valence-electron chi connectivity index (χ2n) is 4.28. The minimum absolute atomic E-state index is 0.365. The number of nitrogens with one attached hydrogen (secondary N) is 2. The Bertz CT molecular complexity index is 128. The minimum atomic E-state index is 0.365. The van der Waals surface area contributed by atoms with E-state index in [1.165, 1.54) is 25.8 Å². The van der Waals surface area contributed by atoms with Crippen LogP contribution in [0, 0.1) is 0 Å². The van der Waals surface area contributed by atoms with Crippen molar-refractivity contribution in [2.24, 2.45) is 0 Å². The molecule has 1 rings (SSSR count). The largest absolute Gasteiger partial charge is 0.312 e. The predicted molar refractivity (Wildman–Crippen MR) is 53.4 cm³/mol. The van der Waals surface area contributed by atoms with Gasteiger partial charge in [-0.25, -0.2) is 0 Å². The lowest BCUT2D eigenvalue weighted by Gasteiger charge is -2.26. The Kier molecular flexibility index (Phi) is 3.53. The Labute approximate surface area is 76.1 Å². The smallest absolute Gasteiger partial charge is 0.0278 e. The predicted octanol–water partition coefficient (Wildman–Crippen LogP) is 1.52. The summed E-state index contributed by atoms with van der Waals surface area (Å²) in [6, 6.07) is 0.657. The van der Waals surface area contributed by atoms with Crippen LogP contribution in [0.5, 0.6) is 0 Å². The summed E-state index contributed by atoms with van der Waals surface area (Å²) in [6.45, 7) is 9.09. The first kappa shape index (κ1) is 10.0. The van der Waals surface area contributed by atoms with Gasteiger partial charge in [-0.3, -0.25) is 0 Å². The first-order valence-electron chi connectivity index (χ1n) is 5.15. The van der Waals surface area contributed by atoms with Gasteiger partial charge in [0.05, 0.1) is 0 Å². The van der Waals surface area contributed by atoms with Crippen LogP contribution in [0.1, 0.15) is 40.0 Å². The molecule has 0 aromatic carbocycles. The van der Waals surface area contributed by atoms with Gasteiger partial charge in [0, 0.05) is 18.1 Å². The minimum Gasteiger partial charge on any atom is -0.312 e. The van der Waals surface area contributed by atoms with Crippen LogP contribution in [0.2, 0.25) is 0 Å². The molecule has 0 bridgehead atoms. The number of hydrogen-bond acceptors (Lipinski definition) is 2. The summed E-state index contributed by atoms with van der Waals surface area (Å²) in [7, 11) is 0. The molecule has 1 heterocycles. The van der Waals surface area contributed by atoms with Crippen molar-refractivity contribution in [3.8, 4) is 0 Å². The van der Waals surface area contributed by atoms with E-state index in [9.17, 15) is 0 Å². The molecule has 0 aromatic rings. The highest BCUT2D eigenvalue weighted by Crippen LogP contribution is 2.17. The second kappa shape index (κ2) is 4.24. The highest BCUT2D eigenvalue weighted by molar-refractivity contribution is 4.90. The van der Waals surface area contributed by atoms with Gasteiger partial charge in [0.25, 0.3) is 0 Å². The van der Waals surface area contributed by atoms with E-state index in [4.69, 9.17) is 0 Å². The first-order valence-corrected chi connectivity index (χ1v) is 5.15. The summed E-state index contributed by atoms with van der Waals surface area (Å²) in [5.41, 5.74) is 0.365. The van der Waals surface area contributed by atoms with Crippen molar-refractivity contribution in [2.45, 2.75) is 51.6 Å². The Morgan fingerprint density at radius 1 is 1.58 bits per heavy atom. The third-order valence-electron chi connectivity index (χ3n) is 2.91. The summed E-state index contributed by atoms with van der Waals surface area (Å²) in [4.78, 5) is 0. The van der Waals surface area contributed by atoms with Gasteiger partial charge in [-0.2, -0.15) is 0 Å². The van der Waals surface area contributed by atoms with Crippen LogP contribution in [-0.2, 0) is 0 Å². The fraction of sp³-hybridized carbons (Fsp3) is 1.00. The van der Waals surface area contributed by atoms with Crippen molar-refractivity contribution in [2.75, 3.05) is 13.1 Å². The Balaban J connectivity index is 2.21. The lowest BCUT2D eigenvalue weighted by Crippen LogP contribution is -2.47. The van der Waals surface area contributed by atoms with Gasteiger partial charge in [-0.1, -0.05) is 6.92 Å². The van der Waals surface area contributed by atoms with E-state index in [2.05, 4.69) is 31.4 Å². The van der Waals surface area contributed by atoms with Gasteiger partial charge >= 0.3 is 0 Å². The van der Waals surface area contributed by atoms with Crippen LogP contribution >= 0.6 is 0 Å². The van der Waals surface area contributed by atoms with E-state index in [1.807, 2.05) is 0 Å². The van der Waals surface area contributed by atoms with Crippen molar-refractivity contribution in [3.05, 3.63) is 0 Å². The zero-order valence-electron chi connectivity index (χ0n) is 8.61. The highest BCUT2D eigenvalue weighted by atomic mass is 15.1. The SMILES string of the molecule is CCC(C)NCC1(C)CCCN1. The fourth-order valence-electron chi connectivity index (χ4n) is 1.65. The standard InChI is InChI=1S/C10H22N2/c1-4-9(2)11-8-10(3)6-5-7-12-10/h9,11-12H,4-8H2,1-3H3. The zero-order valence-corrected chi connectivity index (χ0v) is 8.61. The average molecular weight is 170 g/mol. The molecule has 2 unspecified atom stereocenters. The van der Waals surface area contributed by atoms with Crippen LogP contribution in [-0.4, -0.2) is 24.7 Å². The molecule has 0 aromatic heterocycles. The Morgan fingerprint density at radius 2 is 2.33 bits per heavy atom. The topological polar surface area (TPSA) is 24.1 Å². The number of hydrogen-bond donors (Lipinski definition) is 2. The summed E-state index contributed by atoms with van der Waals surface area (Å²) in [5.74, 6) is 0. The third kappa shape index (κ3) is 2.76. The summed E-state index contributed by atoms with van der Waals surface area (Å²) >= 11 is 0. The van der Waals surface area contributed by atoms with Gasteiger partial charge in [0.2, 0.25) is 0 Å². The lowest BCUT2D eigenvalue weighted by atomic mass is 10.00. The molecule has 72 valence electrons. The second-order valence-corrected chi connectivity index (χ2v) is 4.28. The molecule has 0 spiro atoms. The molecule has 1 fully saturated rings.